The Labute approximate surface area is 200 Å². The third-order valence-corrected chi connectivity index (χ3v) is 5.77. The number of carbonyl (C=O) groups is 1. The highest BCUT2D eigenvalue weighted by molar-refractivity contribution is 5.90. The summed E-state index contributed by atoms with van der Waals surface area (Å²) in [5.74, 6) is 1.27. The van der Waals surface area contributed by atoms with Crippen molar-refractivity contribution in [3.05, 3.63) is 54.0 Å². The SMILES string of the molecule is CCOc1ccc(CN2CC[C@@H](Nc3cnc(/C=C/C(=O)NOC4CCCCO4)cn3)C2)cc1. The van der Waals surface area contributed by atoms with Gasteiger partial charge in [-0.1, -0.05) is 12.1 Å². The zero-order valence-electron chi connectivity index (χ0n) is 19.6. The molecule has 2 fully saturated rings. The van der Waals surface area contributed by atoms with Crippen molar-refractivity contribution in [2.24, 2.45) is 0 Å². The van der Waals surface area contributed by atoms with E-state index in [-0.39, 0.29) is 12.2 Å². The van der Waals surface area contributed by atoms with E-state index in [9.17, 15) is 4.79 Å². The molecule has 0 radical (unpaired) electrons. The van der Waals surface area contributed by atoms with Crippen LogP contribution >= 0.6 is 0 Å². The number of ether oxygens (including phenoxy) is 2. The van der Waals surface area contributed by atoms with E-state index in [1.54, 1.807) is 18.5 Å². The van der Waals surface area contributed by atoms with Gasteiger partial charge in [0, 0.05) is 44.8 Å². The number of carbonyl (C=O) groups excluding carboxylic acids is 1. The Balaban J connectivity index is 1.18. The maximum absolute atomic E-state index is 11.9. The van der Waals surface area contributed by atoms with Crippen LogP contribution in [0.1, 0.15) is 43.9 Å². The van der Waals surface area contributed by atoms with Gasteiger partial charge in [0.25, 0.3) is 5.91 Å². The first kappa shape index (κ1) is 24.1. The molecule has 2 saturated heterocycles. The molecule has 2 aliphatic heterocycles. The zero-order valence-corrected chi connectivity index (χ0v) is 19.6. The number of hydroxylamine groups is 1. The largest absolute Gasteiger partial charge is 0.494 e. The summed E-state index contributed by atoms with van der Waals surface area (Å²) in [6, 6.07) is 8.62. The smallest absolute Gasteiger partial charge is 0.267 e. The molecule has 9 heteroatoms. The van der Waals surface area contributed by atoms with Crippen LogP contribution in [0.4, 0.5) is 5.82 Å². The molecule has 1 amide bonds. The van der Waals surface area contributed by atoms with Gasteiger partial charge < -0.3 is 14.8 Å². The minimum absolute atomic E-state index is 0.323. The number of nitrogens with one attached hydrogen (secondary N) is 2. The molecule has 2 aromatic rings. The molecule has 0 spiro atoms. The number of likely N-dealkylation sites (tertiary alicyclic amines) is 1. The van der Waals surface area contributed by atoms with Gasteiger partial charge in [-0.2, -0.15) is 0 Å². The monoisotopic (exact) mass is 467 g/mol. The van der Waals surface area contributed by atoms with Crippen LogP contribution in [-0.2, 0) is 20.9 Å². The Kier molecular flexibility index (Phi) is 8.84. The predicted molar refractivity (Wildman–Crippen MR) is 129 cm³/mol. The van der Waals surface area contributed by atoms with Crippen molar-refractivity contribution >= 4 is 17.8 Å². The molecule has 2 atom stereocenters. The molecule has 1 unspecified atom stereocenters. The second-order valence-corrected chi connectivity index (χ2v) is 8.48. The van der Waals surface area contributed by atoms with E-state index >= 15 is 0 Å². The van der Waals surface area contributed by atoms with E-state index in [0.29, 0.717) is 24.9 Å². The van der Waals surface area contributed by atoms with Crippen molar-refractivity contribution in [2.75, 3.05) is 31.6 Å². The molecule has 2 N–H and O–H groups in total. The average molecular weight is 468 g/mol. The van der Waals surface area contributed by atoms with Crippen molar-refractivity contribution in [3.63, 3.8) is 0 Å². The molecule has 34 heavy (non-hydrogen) atoms. The van der Waals surface area contributed by atoms with Gasteiger partial charge in [-0.15, -0.1) is 0 Å². The summed E-state index contributed by atoms with van der Waals surface area (Å²) >= 11 is 0. The summed E-state index contributed by atoms with van der Waals surface area (Å²) in [7, 11) is 0. The van der Waals surface area contributed by atoms with E-state index in [2.05, 4.69) is 37.8 Å². The number of aromatic nitrogens is 2. The molecule has 4 rings (SSSR count). The van der Waals surface area contributed by atoms with Crippen molar-refractivity contribution in [2.45, 2.75) is 51.5 Å². The number of amides is 1. The Hall–Kier alpha value is -3.01. The first-order chi connectivity index (χ1) is 16.7. The van der Waals surface area contributed by atoms with E-state index in [4.69, 9.17) is 14.3 Å². The lowest BCUT2D eigenvalue weighted by Crippen LogP contribution is -2.32. The second kappa shape index (κ2) is 12.5. The maximum Gasteiger partial charge on any atom is 0.267 e. The van der Waals surface area contributed by atoms with Crippen LogP contribution in [0.25, 0.3) is 6.08 Å². The number of rotatable bonds is 10. The van der Waals surface area contributed by atoms with Gasteiger partial charge in [-0.25, -0.2) is 15.3 Å². The lowest BCUT2D eigenvalue weighted by molar-refractivity contribution is -0.198. The molecular weight excluding hydrogens is 434 g/mol. The molecule has 3 heterocycles. The predicted octanol–water partition coefficient (Wildman–Crippen LogP) is 3.15. The fourth-order valence-corrected chi connectivity index (χ4v) is 4.04. The lowest BCUT2D eigenvalue weighted by atomic mass is 10.2. The first-order valence-corrected chi connectivity index (χ1v) is 12.0. The van der Waals surface area contributed by atoms with E-state index in [1.165, 1.54) is 11.6 Å². The highest BCUT2D eigenvalue weighted by atomic mass is 16.8. The zero-order chi connectivity index (χ0) is 23.6. The van der Waals surface area contributed by atoms with Crippen LogP contribution in [0.2, 0.25) is 0 Å². The van der Waals surface area contributed by atoms with Crippen molar-refractivity contribution in [1.82, 2.24) is 20.3 Å². The van der Waals surface area contributed by atoms with Crippen LogP contribution in [0, 0.1) is 0 Å². The molecule has 1 aromatic carbocycles. The number of hydrogen-bond acceptors (Lipinski definition) is 8. The van der Waals surface area contributed by atoms with E-state index < -0.39 is 0 Å². The number of nitrogens with zero attached hydrogens (tertiary/aromatic N) is 3. The van der Waals surface area contributed by atoms with Crippen LogP contribution in [-0.4, -0.2) is 59.4 Å². The van der Waals surface area contributed by atoms with Gasteiger partial charge in [0.2, 0.25) is 0 Å². The number of benzene rings is 1. The molecule has 2 aliphatic rings. The summed E-state index contributed by atoms with van der Waals surface area (Å²) in [5, 5.41) is 3.46. The van der Waals surface area contributed by atoms with Gasteiger partial charge >= 0.3 is 0 Å². The first-order valence-electron chi connectivity index (χ1n) is 12.0. The van der Waals surface area contributed by atoms with Crippen LogP contribution in [0.5, 0.6) is 5.75 Å². The summed E-state index contributed by atoms with van der Waals surface area (Å²) in [5.41, 5.74) is 4.26. The van der Waals surface area contributed by atoms with Crippen molar-refractivity contribution in [3.8, 4) is 5.75 Å². The minimum Gasteiger partial charge on any atom is -0.494 e. The van der Waals surface area contributed by atoms with E-state index in [0.717, 1.165) is 56.9 Å². The van der Waals surface area contributed by atoms with Gasteiger partial charge in [0.1, 0.15) is 11.6 Å². The highest BCUT2D eigenvalue weighted by Crippen LogP contribution is 2.19. The second-order valence-electron chi connectivity index (χ2n) is 8.48. The summed E-state index contributed by atoms with van der Waals surface area (Å²) in [6.07, 6.45) is 9.83. The van der Waals surface area contributed by atoms with Gasteiger partial charge in [0.15, 0.2) is 6.29 Å². The normalized spacial score (nSPS) is 21.0. The molecule has 0 aliphatic carbocycles. The third kappa shape index (κ3) is 7.51. The van der Waals surface area contributed by atoms with Crippen LogP contribution in [0.3, 0.4) is 0 Å². The Morgan fingerprint density at radius 1 is 1.21 bits per heavy atom. The van der Waals surface area contributed by atoms with Gasteiger partial charge in [0.05, 0.1) is 24.7 Å². The van der Waals surface area contributed by atoms with Crippen molar-refractivity contribution < 1.29 is 19.1 Å². The fourth-order valence-electron chi connectivity index (χ4n) is 4.04. The molecular formula is C25H33N5O4. The lowest BCUT2D eigenvalue weighted by Gasteiger charge is -2.21. The van der Waals surface area contributed by atoms with Crippen LogP contribution in [0.15, 0.2) is 42.7 Å². The van der Waals surface area contributed by atoms with Gasteiger partial charge in [-0.05, 0) is 50.0 Å². The van der Waals surface area contributed by atoms with Gasteiger partial charge in [-0.3, -0.25) is 14.7 Å². The summed E-state index contributed by atoms with van der Waals surface area (Å²) < 4.78 is 10.9. The topological polar surface area (TPSA) is 97.8 Å². The van der Waals surface area contributed by atoms with E-state index in [1.807, 2.05) is 19.1 Å². The summed E-state index contributed by atoms with van der Waals surface area (Å²) in [6.45, 7) is 6.22. The summed E-state index contributed by atoms with van der Waals surface area (Å²) in [4.78, 5) is 28.4. The molecule has 182 valence electrons. The van der Waals surface area contributed by atoms with Crippen LogP contribution < -0.4 is 15.5 Å². The number of anilines is 1. The molecule has 1 aromatic heterocycles. The maximum atomic E-state index is 11.9. The highest BCUT2D eigenvalue weighted by Gasteiger charge is 2.22. The average Bonchev–Trinajstić information content (AvgIpc) is 3.31. The Morgan fingerprint density at radius 3 is 2.82 bits per heavy atom. The Morgan fingerprint density at radius 2 is 2.09 bits per heavy atom. The fraction of sp³-hybridized carbons (Fsp3) is 0.480. The quantitative estimate of drug-likeness (QED) is 0.406. The van der Waals surface area contributed by atoms with Crippen molar-refractivity contribution in [1.29, 1.82) is 0 Å². The third-order valence-electron chi connectivity index (χ3n) is 5.77. The minimum atomic E-state index is -0.372. The molecule has 0 bridgehead atoms. The molecule has 9 nitrogen and oxygen atoms in total. The Bertz CT molecular complexity index is 929. The number of hydrogen-bond donors (Lipinski definition) is 2. The molecule has 0 saturated carbocycles. The standard InChI is InChI=1S/C25H33N5O4/c1-2-32-22-9-6-19(7-10-22)17-30-13-12-21(18-30)28-23-16-26-20(15-27-23)8-11-24(31)29-34-25-5-3-4-14-33-25/h6-11,15-16,21,25H,2-5,12-14,17-18H2,1H3,(H,27,28)(H,29,31)/b11-8+/t21-,25?/m1/s1.